The fourth-order valence-corrected chi connectivity index (χ4v) is 4.03. The van der Waals surface area contributed by atoms with Gasteiger partial charge in [-0.05, 0) is 18.3 Å². The van der Waals surface area contributed by atoms with Crippen molar-refractivity contribution in [3.63, 3.8) is 0 Å². The van der Waals surface area contributed by atoms with E-state index < -0.39 is 0 Å². The van der Waals surface area contributed by atoms with Gasteiger partial charge in [0, 0.05) is 50.2 Å². The number of likely N-dealkylation sites (tertiary alicyclic amines) is 1. The summed E-state index contributed by atoms with van der Waals surface area (Å²) in [7, 11) is 0. The Morgan fingerprint density at radius 2 is 2.16 bits per heavy atom. The quantitative estimate of drug-likeness (QED) is 0.841. The standard InChI is InChI=1S/C19H31N3O2S/c1-5-16(23)20-9-8-15-13-25-18(21-15)14-7-6-10-22(12-14)17(24)11-19(2,3)4/h13-14H,5-12H2,1-4H3,(H,20,23)/t14-/m0/s1. The van der Waals surface area contributed by atoms with Crippen LogP contribution in [-0.2, 0) is 16.0 Å². The van der Waals surface area contributed by atoms with Crippen LogP contribution in [0.1, 0.15) is 70.0 Å². The molecule has 1 aromatic rings. The number of piperidine rings is 1. The molecule has 0 saturated carbocycles. The second-order valence-electron chi connectivity index (χ2n) is 8.05. The SMILES string of the molecule is CCC(=O)NCCc1csc([C@H]2CCCN(C(=O)CC(C)(C)C)C2)n1. The summed E-state index contributed by atoms with van der Waals surface area (Å²) < 4.78 is 0. The van der Waals surface area contributed by atoms with Crippen LogP contribution >= 0.6 is 11.3 Å². The van der Waals surface area contributed by atoms with E-state index in [1.165, 1.54) is 0 Å². The number of carbonyl (C=O) groups is 2. The smallest absolute Gasteiger partial charge is 0.223 e. The number of hydrogen-bond donors (Lipinski definition) is 1. The van der Waals surface area contributed by atoms with Gasteiger partial charge < -0.3 is 10.2 Å². The molecule has 5 nitrogen and oxygen atoms in total. The van der Waals surface area contributed by atoms with Crippen LogP contribution in [0.2, 0.25) is 0 Å². The molecule has 0 radical (unpaired) electrons. The monoisotopic (exact) mass is 365 g/mol. The van der Waals surface area contributed by atoms with E-state index in [-0.39, 0.29) is 17.2 Å². The molecule has 1 atom stereocenters. The van der Waals surface area contributed by atoms with Gasteiger partial charge in [-0.15, -0.1) is 11.3 Å². The highest BCUT2D eigenvalue weighted by molar-refractivity contribution is 7.09. The predicted molar refractivity (Wildman–Crippen MR) is 102 cm³/mol. The van der Waals surface area contributed by atoms with E-state index in [9.17, 15) is 9.59 Å². The first-order valence-electron chi connectivity index (χ1n) is 9.27. The Morgan fingerprint density at radius 1 is 1.40 bits per heavy atom. The van der Waals surface area contributed by atoms with Crippen molar-refractivity contribution >= 4 is 23.2 Å². The molecule has 6 heteroatoms. The van der Waals surface area contributed by atoms with Crippen molar-refractivity contribution < 1.29 is 9.59 Å². The zero-order valence-electron chi connectivity index (χ0n) is 15.9. The Balaban J connectivity index is 1.88. The zero-order chi connectivity index (χ0) is 18.4. The molecule has 2 heterocycles. The minimum Gasteiger partial charge on any atom is -0.356 e. The van der Waals surface area contributed by atoms with Crippen LogP contribution in [0.5, 0.6) is 0 Å². The van der Waals surface area contributed by atoms with Crippen molar-refractivity contribution in [3.05, 3.63) is 16.1 Å². The number of nitrogens with zero attached hydrogens (tertiary/aromatic N) is 2. The highest BCUT2D eigenvalue weighted by atomic mass is 32.1. The minimum atomic E-state index is 0.0291. The van der Waals surface area contributed by atoms with E-state index >= 15 is 0 Å². The molecule has 0 aliphatic carbocycles. The summed E-state index contributed by atoms with van der Waals surface area (Å²) in [6, 6.07) is 0. The molecule has 140 valence electrons. The molecule has 1 N–H and O–H groups in total. The number of hydrogen-bond acceptors (Lipinski definition) is 4. The molecule has 25 heavy (non-hydrogen) atoms. The number of thiazole rings is 1. The average Bonchev–Trinajstić information content (AvgIpc) is 3.02. The molecule has 0 aromatic carbocycles. The van der Waals surface area contributed by atoms with Gasteiger partial charge in [-0.2, -0.15) is 0 Å². The molecule has 1 aliphatic heterocycles. The van der Waals surface area contributed by atoms with Crippen LogP contribution in [0, 0.1) is 5.41 Å². The van der Waals surface area contributed by atoms with Gasteiger partial charge in [0.2, 0.25) is 11.8 Å². The lowest BCUT2D eigenvalue weighted by molar-refractivity contribution is -0.134. The van der Waals surface area contributed by atoms with E-state index in [0.717, 1.165) is 43.1 Å². The lowest BCUT2D eigenvalue weighted by Gasteiger charge is -2.33. The second kappa shape index (κ2) is 8.79. The van der Waals surface area contributed by atoms with Gasteiger partial charge in [-0.3, -0.25) is 9.59 Å². The van der Waals surface area contributed by atoms with Gasteiger partial charge in [0.15, 0.2) is 0 Å². The third-order valence-electron chi connectivity index (χ3n) is 4.40. The van der Waals surface area contributed by atoms with Crippen LogP contribution in [0.15, 0.2) is 5.38 Å². The van der Waals surface area contributed by atoms with Gasteiger partial charge in [0.1, 0.15) is 0 Å². The van der Waals surface area contributed by atoms with E-state index in [1.54, 1.807) is 11.3 Å². The molecule has 1 aliphatic rings. The van der Waals surface area contributed by atoms with Gasteiger partial charge in [0.05, 0.1) is 10.7 Å². The van der Waals surface area contributed by atoms with Gasteiger partial charge in [-0.1, -0.05) is 27.7 Å². The maximum atomic E-state index is 12.5. The predicted octanol–water partition coefficient (Wildman–Crippen LogP) is 3.35. The minimum absolute atomic E-state index is 0.0291. The maximum absolute atomic E-state index is 12.5. The van der Waals surface area contributed by atoms with Crippen molar-refractivity contribution in [2.24, 2.45) is 5.41 Å². The third-order valence-corrected chi connectivity index (χ3v) is 5.45. The van der Waals surface area contributed by atoms with Crippen LogP contribution < -0.4 is 5.32 Å². The number of carbonyl (C=O) groups excluding carboxylic acids is 2. The van der Waals surface area contributed by atoms with Crippen LogP contribution in [0.3, 0.4) is 0 Å². The maximum Gasteiger partial charge on any atom is 0.223 e. The summed E-state index contributed by atoms with van der Waals surface area (Å²) in [6.45, 7) is 10.5. The number of nitrogens with one attached hydrogen (secondary N) is 1. The van der Waals surface area contributed by atoms with Crippen molar-refractivity contribution in [3.8, 4) is 0 Å². The fourth-order valence-electron chi connectivity index (χ4n) is 3.05. The van der Waals surface area contributed by atoms with E-state index in [0.29, 0.717) is 25.3 Å². The van der Waals surface area contributed by atoms with E-state index in [1.807, 2.05) is 11.8 Å². The highest BCUT2D eigenvalue weighted by Gasteiger charge is 2.28. The van der Waals surface area contributed by atoms with Crippen LogP contribution in [0.4, 0.5) is 0 Å². The topological polar surface area (TPSA) is 62.3 Å². The Morgan fingerprint density at radius 3 is 2.84 bits per heavy atom. The first-order chi connectivity index (χ1) is 11.8. The van der Waals surface area contributed by atoms with Gasteiger partial charge in [0.25, 0.3) is 0 Å². The third kappa shape index (κ3) is 6.42. The largest absolute Gasteiger partial charge is 0.356 e. The average molecular weight is 366 g/mol. The molecule has 0 unspecified atom stereocenters. The van der Waals surface area contributed by atoms with Gasteiger partial charge >= 0.3 is 0 Å². The first-order valence-corrected chi connectivity index (χ1v) is 10.1. The highest BCUT2D eigenvalue weighted by Crippen LogP contribution is 2.30. The Hall–Kier alpha value is -1.43. The molecule has 2 rings (SSSR count). The molecule has 0 spiro atoms. The van der Waals surface area contributed by atoms with Gasteiger partial charge in [-0.25, -0.2) is 4.98 Å². The Kier molecular flexibility index (Phi) is 6.99. The Bertz CT molecular complexity index is 592. The molecule has 1 saturated heterocycles. The fraction of sp³-hybridized carbons (Fsp3) is 0.737. The molecular weight excluding hydrogens is 334 g/mol. The van der Waals surface area contributed by atoms with Crippen LogP contribution in [0.25, 0.3) is 0 Å². The molecule has 0 bridgehead atoms. The summed E-state index contributed by atoms with van der Waals surface area (Å²) in [5, 5.41) is 6.10. The first kappa shape index (κ1) is 19.9. The normalized spacial score (nSPS) is 18.2. The van der Waals surface area contributed by atoms with Crippen molar-refractivity contribution in [2.45, 2.75) is 65.7 Å². The number of aromatic nitrogens is 1. The summed E-state index contributed by atoms with van der Waals surface area (Å²) in [4.78, 5) is 30.6. The molecule has 2 amide bonds. The second-order valence-corrected chi connectivity index (χ2v) is 8.94. The summed E-state index contributed by atoms with van der Waals surface area (Å²) in [5.74, 6) is 0.689. The number of amides is 2. The molecular formula is C19H31N3O2S. The summed E-state index contributed by atoms with van der Waals surface area (Å²) in [6.07, 6.45) is 4.02. The lowest BCUT2D eigenvalue weighted by atomic mass is 9.90. The number of rotatable bonds is 6. The van der Waals surface area contributed by atoms with E-state index in [4.69, 9.17) is 4.98 Å². The van der Waals surface area contributed by atoms with Crippen LogP contribution in [-0.4, -0.2) is 41.3 Å². The summed E-state index contributed by atoms with van der Waals surface area (Å²) >= 11 is 1.69. The van der Waals surface area contributed by atoms with Crippen molar-refractivity contribution in [2.75, 3.05) is 19.6 Å². The van der Waals surface area contributed by atoms with Crippen molar-refractivity contribution in [1.29, 1.82) is 0 Å². The molecule has 1 aromatic heterocycles. The van der Waals surface area contributed by atoms with Crippen molar-refractivity contribution in [1.82, 2.24) is 15.2 Å². The Labute approximate surface area is 155 Å². The zero-order valence-corrected chi connectivity index (χ0v) is 16.7. The summed E-state index contributed by atoms with van der Waals surface area (Å²) in [5.41, 5.74) is 1.07. The van der Waals surface area contributed by atoms with E-state index in [2.05, 4.69) is 31.5 Å². The molecule has 1 fully saturated rings. The lowest BCUT2D eigenvalue weighted by Crippen LogP contribution is -2.40.